The maximum absolute atomic E-state index is 13.1. The number of amides is 1. The molecule has 4 rings (SSSR count). The summed E-state index contributed by atoms with van der Waals surface area (Å²) >= 11 is 0. The Balaban J connectivity index is 1.86. The molecule has 1 aliphatic heterocycles. The molecule has 1 amide bonds. The van der Waals surface area contributed by atoms with Crippen molar-refractivity contribution in [1.29, 1.82) is 0 Å². The zero-order chi connectivity index (χ0) is 17.8. The number of aromatic nitrogens is 3. The first-order valence-corrected chi connectivity index (χ1v) is 8.03. The number of carbonyl (C=O) groups is 1. The summed E-state index contributed by atoms with van der Waals surface area (Å²) in [5, 5.41) is 5.96. The first-order chi connectivity index (χ1) is 11.9. The minimum Gasteiger partial charge on any atom is -0.384 e. The number of nitrogens with two attached hydrogens (primary N) is 1. The van der Waals surface area contributed by atoms with Crippen LogP contribution in [0.4, 0.5) is 17.3 Å². The third-order valence-electron chi connectivity index (χ3n) is 4.62. The number of nitrogens with one attached hydrogen (secondary N) is 2. The number of allylic oxidation sites excluding steroid dienone is 1. The average Bonchev–Trinajstić information content (AvgIpc) is 3.05. The highest BCUT2D eigenvalue weighted by Crippen LogP contribution is 2.36. The second kappa shape index (κ2) is 5.17. The molecule has 3 heterocycles. The second-order valence-electron chi connectivity index (χ2n) is 6.60. The van der Waals surface area contributed by atoms with Crippen LogP contribution in [0.5, 0.6) is 0 Å². The summed E-state index contributed by atoms with van der Waals surface area (Å²) in [5.41, 5.74) is 6.03. The number of pyridine rings is 1. The standard InChI is InChI=1S/C17H18N6O2/c1-9-3-4-17(7-9)22-15(24)14-10(2)5-11(16(25)23(14)17)21-13-6-12(18)19-8-20-13/h3-6,8-9H,7H2,1-2H3,(H,22,24)(H3,18,19,20,21). The topological polar surface area (TPSA) is 115 Å². The Kier molecular flexibility index (Phi) is 3.18. The van der Waals surface area contributed by atoms with Crippen molar-refractivity contribution < 1.29 is 4.79 Å². The molecule has 0 fully saturated rings. The molecule has 1 spiro atoms. The van der Waals surface area contributed by atoms with E-state index in [1.54, 1.807) is 16.7 Å². The lowest BCUT2D eigenvalue weighted by Gasteiger charge is -2.26. The van der Waals surface area contributed by atoms with E-state index in [1.807, 2.05) is 19.1 Å². The van der Waals surface area contributed by atoms with E-state index in [4.69, 9.17) is 5.73 Å². The second-order valence-corrected chi connectivity index (χ2v) is 6.60. The molecule has 4 N–H and O–H groups in total. The van der Waals surface area contributed by atoms with Crippen LogP contribution >= 0.6 is 0 Å². The van der Waals surface area contributed by atoms with Crippen LogP contribution in [0.2, 0.25) is 0 Å². The molecule has 8 heteroatoms. The molecule has 2 atom stereocenters. The quantitative estimate of drug-likeness (QED) is 0.710. The summed E-state index contributed by atoms with van der Waals surface area (Å²) in [4.78, 5) is 33.5. The van der Waals surface area contributed by atoms with Crippen LogP contribution in [-0.2, 0) is 5.66 Å². The predicted octanol–water partition coefficient (Wildman–Crippen LogP) is 1.26. The van der Waals surface area contributed by atoms with Crippen molar-refractivity contribution in [3.8, 4) is 0 Å². The zero-order valence-corrected chi connectivity index (χ0v) is 13.9. The zero-order valence-electron chi connectivity index (χ0n) is 13.9. The fourth-order valence-corrected chi connectivity index (χ4v) is 3.60. The number of hydrogen-bond acceptors (Lipinski definition) is 6. The van der Waals surface area contributed by atoms with E-state index in [9.17, 15) is 9.59 Å². The molecule has 0 aromatic carbocycles. The van der Waals surface area contributed by atoms with Crippen molar-refractivity contribution in [2.24, 2.45) is 5.92 Å². The van der Waals surface area contributed by atoms with Gasteiger partial charge in [-0.15, -0.1) is 0 Å². The van der Waals surface area contributed by atoms with Crippen molar-refractivity contribution in [3.63, 3.8) is 0 Å². The molecule has 2 unspecified atom stereocenters. The summed E-state index contributed by atoms with van der Waals surface area (Å²) in [6, 6.07) is 3.20. The smallest absolute Gasteiger partial charge is 0.277 e. The molecule has 0 saturated carbocycles. The van der Waals surface area contributed by atoms with Crippen LogP contribution in [0.25, 0.3) is 0 Å². The summed E-state index contributed by atoms with van der Waals surface area (Å²) < 4.78 is 1.55. The molecule has 2 aromatic rings. The van der Waals surface area contributed by atoms with Crippen LogP contribution in [0.15, 0.2) is 35.4 Å². The van der Waals surface area contributed by atoms with Crippen molar-refractivity contribution in [3.05, 3.63) is 52.2 Å². The highest BCUT2D eigenvalue weighted by Gasteiger charge is 2.45. The highest BCUT2D eigenvalue weighted by molar-refractivity contribution is 5.97. The maximum atomic E-state index is 13.1. The van der Waals surface area contributed by atoms with E-state index < -0.39 is 5.66 Å². The van der Waals surface area contributed by atoms with Gasteiger partial charge in [0.1, 0.15) is 35.0 Å². The van der Waals surface area contributed by atoms with Gasteiger partial charge >= 0.3 is 0 Å². The van der Waals surface area contributed by atoms with Gasteiger partial charge in [-0.1, -0.05) is 13.0 Å². The van der Waals surface area contributed by atoms with Crippen molar-refractivity contribution in [2.75, 3.05) is 11.1 Å². The minimum absolute atomic E-state index is 0.230. The van der Waals surface area contributed by atoms with Crippen LogP contribution in [0.3, 0.4) is 0 Å². The van der Waals surface area contributed by atoms with Gasteiger partial charge in [0.15, 0.2) is 0 Å². The van der Waals surface area contributed by atoms with E-state index in [0.29, 0.717) is 35.0 Å². The SMILES string of the molecule is Cc1cc(Nc2cc(N)ncn2)c(=O)n2c1C(=O)NC21C=CC(C)C1. The van der Waals surface area contributed by atoms with Crippen LogP contribution < -0.4 is 21.9 Å². The molecule has 1 aliphatic carbocycles. The van der Waals surface area contributed by atoms with Crippen LogP contribution in [0, 0.1) is 12.8 Å². The largest absolute Gasteiger partial charge is 0.384 e. The molecule has 0 bridgehead atoms. The van der Waals surface area contributed by atoms with E-state index >= 15 is 0 Å². The lowest BCUT2D eigenvalue weighted by atomic mass is 10.1. The molecule has 8 nitrogen and oxygen atoms in total. The molecular weight excluding hydrogens is 320 g/mol. The molecule has 128 valence electrons. The Hall–Kier alpha value is -3.16. The Bertz CT molecular complexity index is 980. The molecule has 0 saturated heterocycles. The van der Waals surface area contributed by atoms with Gasteiger partial charge < -0.3 is 16.4 Å². The Morgan fingerprint density at radius 3 is 2.84 bits per heavy atom. The average molecular weight is 338 g/mol. The van der Waals surface area contributed by atoms with E-state index in [1.165, 1.54) is 6.33 Å². The van der Waals surface area contributed by atoms with E-state index in [2.05, 4.69) is 27.5 Å². The number of fused-ring (bicyclic) bond motifs is 2. The van der Waals surface area contributed by atoms with Crippen LogP contribution in [-0.4, -0.2) is 20.4 Å². The van der Waals surface area contributed by atoms with Gasteiger partial charge in [0.25, 0.3) is 11.5 Å². The van der Waals surface area contributed by atoms with Crippen LogP contribution in [0.1, 0.15) is 29.4 Å². The molecule has 25 heavy (non-hydrogen) atoms. The Morgan fingerprint density at radius 2 is 2.16 bits per heavy atom. The van der Waals surface area contributed by atoms with Gasteiger partial charge in [-0.2, -0.15) is 0 Å². The molecular formula is C17H18N6O2. The monoisotopic (exact) mass is 338 g/mol. The third kappa shape index (κ3) is 2.29. The van der Waals surface area contributed by atoms with Gasteiger partial charge in [-0.05, 0) is 37.0 Å². The molecule has 0 radical (unpaired) electrons. The van der Waals surface area contributed by atoms with Crippen molar-refractivity contribution in [2.45, 2.75) is 25.9 Å². The first kappa shape index (κ1) is 15.4. The summed E-state index contributed by atoms with van der Waals surface area (Å²) in [7, 11) is 0. The third-order valence-corrected chi connectivity index (χ3v) is 4.62. The minimum atomic E-state index is -0.796. The number of aryl methyl sites for hydroxylation is 1. The maximum Gasteiger partial charge on any atom is 0.277 e. The van der Waals surface area contributed by atoms with Crippen molar-refractivity contribution in [1.82, 2.24) is 19.9 Å². The van der Waals surface area contributed by atoms with Gasteiger partial charge in [-0.25, -0.2) is 9.97 Å². The van der Waals surface area contributed by atoms with Crippen molar-refractivity contribution >= 4 is 23.2 Å². The predicted molar refractivity (Wildman–Crippen MR) is 93.5 cm³/mol. The fourth-order valence-electron chi connectivity index (χ4n) is 3.60. The molecule has 2 aromatic heterocycles. The number of nitrogens with zero attached hydrogens (tertiary/aromatic N) is 3. The number of nitrogen functional groups attached to an aromatic ring is 1. The van der Waals surface area contributed by atoms with E-state index in [-0.39, 0.29) is 17.4 Å². The number of hydrogen-bond donors (Lipinski definition) is 3. The van der Waals surface area contributed by atoms with Gasteiger partial charge in [-0.3, -0.25) is 14.2 Å². The number of carbonyl (C=O) groups excluding carboxylic acids is 1. The summed E-state index contributed by atoms with van der Waals surface area (Å²) in [5.74, 6) is 0.769. The summed E-state index contributed by atoms with van der Waals surface area (Å²) in [6.07, 6.45) is 5.89. The number of rotatable bonds is 2. The highest BCUT2D eigenvalue weighted by atomic mass is 16.2. The normalized spacial score (nSPS) is 23.8. The Morgan fingerprint density at radius 1 is 1.36 bits per heavy atom. The van der Waals surface area contributed by atoms with E-state index in [0.717, 1.165) is 0 Å². The summed E-state index contributed by atoms with van der Waals surface area (Å²) in [6.45, 7) is 3.87. The van der Waals surface area contributed by atoms with Gasteiger partial charge in [0.2, 0.25) is 0 Å². The lowest BCUT2D eigenvalue weighted by Crippen LogP contribution is -2.45. The van der Waals surface area contributed by atoms with Gasteiger partial charge in [0.05, 0.1) is 0 Å². The molecule has 2 aliphatic rings. The number of anilines is 3. The first-order valence-electron chi connectivity index (χ1n) is 8.03. The van der Waals surface area contributed by atoms with Gasteiger partial charge in [0, 0.05) is 6.07 Å². The lowest BCUT2D eigenvalue weighted by molar-refractivity contribution is 0.0935. The fraction of sp³-hybridized carbons (Fsp3) is 0.294. The Labute approximate surface area is 143 Å².